The van der Waals surface area contributed by atoms with Crippen LogP contribution >= 0.6 is 0 Å². The Morgan fingerprint density at radius 1 is 1.00 bits per heavy atom. The van der Waals surface area contributed by atoms with E-state index in [0.29, 0.717) is 13.1 Å². The van der Waals surface area contributed by atoms with Crippen molar-refractivity contribution in [3.05, 3.63) is 16.7 Å². The van der Waals surface area contributed by atoms with Crippen LogP contribution in [0.25, 0.3) is 0 Å². The zero-order chi connectivity index (χ0) is 20.7. The Morgan fingerprint density at radius 3 is 2.21 bits per heavy atom. The third kappa shape index (κ3) is 3.07. The molecule has 1 aromatic carbocycles. The zero-order valence-corrected chi connectivity index (χ0v) is 15.6. The van der Waals surface area contributed by atoms with Gasteiger partial charge in [0.25, 0.3) is 0 Å². The van der Waals surface area contributed by atoms with Gasteiger partial charge in [0.15, 0.2) is 17.6 Å². The summed E-state index contributed by atoms with van der Waals surface area (Å²) in [5, 5.41) is 60.8. The summed E-state index contributed by atoms with van der Waals surface area (Å²) in [6.45, 7) is 4.44. The number of hydrogen-bond acceptors (Lipinski definition) is 10. The lowest BCUT2D eigenvalue weighted by Gasteiger charge is -2.45. The number of benzene rings is 1. The van der Waals surface area contributed by atoms with Crippen molar-refractivity contribution in [2.24, 2.45) is 0 Å². The first-order valence-electron chi connectivity index (χ1n) is 9.12. The van der Waals surface area contributed by atoms with Crippen molar-refractivity contribution in [2.75, 3.05) is 19.7 Å². The number of fused-ring (bicyclic) bond motifs is 3. The molecule has 10 heteroatoms. The van der Waals surface area contributed by atoms with E-state index in [0.717, 1.165) is 0 Å². The van der Waals surface area contributed by atoms with Crippen LogP contribution in [0.4, 0.5) is 0 Å². The molecule has 0 bridgehead atoms. The Hall–Kier alpha value is -2.11. The number of carbonyl (C=O) groups is 1. The second kappa shape index (κ2) is 7.72. The highest BCUT2D eigenvalue weighted by atomic mass is 16.6. The van der Waals surface area contributed by atoms with Crippen molar-refractivity contribution in [1.82, 2.24) is 4.90 Å². The van der Waals surface area contributed by atoms with Gasteiger partial charge < -0.3 is 40.1 Å². The number of phenolic OH excluding ortho intramolecular Hbond substituents is 3. The number of esters is 1. The fraction of sp³-hybridized carbons (Fsp3) is 0.611. The molecule has 1 saturated heterocycles. The van der Waals surface area contributed by atoms with Gasteiger partial charge in [0.1, 0.15) is 24.4 Å². The van der Waals surface area contributed by atoms with Crippen LogP contribution in [0, 0.1) is 0 Å². The van der Waals surface area contributed by atoms with E-state index < -0.39 is 60.3 Å². The van der Waals surface area contributed by atoms with E-state index in [1.54, 1.807) is 0 Å². The zero-order valence-electron chi connectivity index (χ0n) is 15.6. The number of hydrogen-bond donors (Lipinski definition) is 6. The molecule has 5 unspecified atom stereocenters. The highest BCUT2D eigenvalue weighted by molar-refractivity contribution is 5.97. The van der Waals surface area contributed by atoms with E-state index in [1.165, 1.54) is 0 Å². The molecule has 2 aliphatic heterocycles. The molecule has 0 aliphatic carbocycles. The van der Waals surface area contributed by atoms with Crippen molar-refractivity contribution in [3.63, 3.8) is 0 Å². The first-order valence-corrected chi connectivity index (χ1v) is 9.12. The van der Waals surface area contributed by atoms with Gasteiger partial charge in [-0.1, -0.05) is 13.8 Å². The summed E-state index contributed by atoms with van der Waals surface area (Å²) in [4.78, 5) is 14.6. The second-order valence-electron chi connectivity index (χ2n) is 6.90. The second-order valence-corrected chi connectivity index (χ2v) is 6.90. The van der Waals surface area contributed by atoms with Gasteiger partial charge in [-0.25, -0.2) is 4.79 Å². The van der Waals surface area contributed by atoms with Crippen LogP contribution in [0.2, 0.25) is 0 Å². The lowest BCUT2D eigenvalue weighted by Crippen LogP contribution is -2.58. The van der Waals surface area contributed by atoms with Crippen LogP contribution in [-0.4, -0.2) is 85.6 Å². The maximum Gasteiger partial charge on any atom is 0.339 e. The van der Waals surface area contributed by atoms with Crippen molar-refractivity contribution < 1.29 is 44.9 Å². The summed E-state index contributed by atoms with van der Waals surface area (Å²) in [5.41, 5.74) is -0.258. The van der Waals surface area contributed by atoms with Crippen molar-refractivity contribution in [2.45, 2.75) is 50.9 Å². The van der Waals surface area contributed by atoms with Crippen LogP contribution < -0.4 is 0 Å². The fourth-order valence-corrected chi connectivity index (χ4v) is 3.75. The Bertz CT molecular complexity index is 764. The first-order chi connectivity index (χ1) is 13.3. The van der Waals surface area contributed by atoms with Gasteiger partial charge in [-0.3, -0.25) is 4.90 Å². The minimum absolute atomic E-state index is 0.0576. The largest absolute Gasteiger partial charge is 0.504 e. The number of ether oxygens (including phenoxy) is 2. The average Bonchev–Trinajstić information content (AvgIpc) is 2.69. The monoisotopic (exact) mass is 399 g/mol. The minimum Gasteiger partial charge on any atom is -0.504 e. The molecule has 1 aromatic rings. The average molecular weight is 399 g/mol. The molecule has 0 saturated carbocycles. The van der Waals surface area contributed by atoms with E-state index in [1.807, 2.05) is 18.7 Å². The number of aromatic hydroxyl groups is 3. The van der Waals surface area contributed by atoms with E-state index in [4.69, 9.17) is 9.47 Å². The molecule has 3 rings (SSSR count). The highest BCUT2D eigenvalue weighted by Crippen LogP contribution is 2.51. The Morgan fingerprint density at radius 2 is 1.64 bits per heavy atom. The van der Waals surface area contributed by atoms with E-state index in [2.05, 4.69) is 0 Å². The number of carbonyl (C=O) groups excluding carboxylic acids is 1. The molecule has 0 aromatic heterocycles. The quantitative estimate of drug-likeness (QED) is 0.277. The van der Waals surface area contributed by atoms with Crippen molar-refractivity contribution in [1.29, 1.82) is 0 Å². The van der Waals surface area contributed by atoms with Gasteiger partial charge in [0.2, 0.25) is 5.75 Å². The first kappa shape index (κ1) is 20.6. The van der Waals surface area contributed by atoms with Crippen LogP contribution in [0.1, 0.15) is 41.4 Å². The lowest BCUT2D eigenvalue weighted by molar-refractivity contribution is -0.235. The summed E-state index contributed by atoms with van der Waals surface area (Å²) >= 11 is 0. The summed E-state index contributed by atoms with van der Waals surface area (Å²) in [6, 6.07) is 0. The van der Waals surface area contributed by atoms with Crippen molar-refractivity contribution >= 4 is 5.97 Å². The molecular formula is C18H25NO9. The summed E-state index contributed by atoms with van der Waals surface area (Å²) in [5.74, 6) is -3.17. The Labute approximate surface area is 161 Å². The number of aliphatic hydroxyl groups is 3. The molecule has 0 amide bonds. The highest BCUT2D eigenvalue weighted by Gasteiger charge is 2.52. The third-order valence-electron chi connectivity index (χ3n) is 5.44. The Kier molecular flexibility index (Phi) is 5.69. The van der Waals surface area contributed by atoms with Gasteiger partial charge in [0, 0.05) is 17.7 Å². The van der Waals surface area contributed by atoms with Crippen LogP contribution in [-0.2, 0) is 16.0 Å². The lowest BCUT2D eigenvalue weighted by atomic mass is 9.84. The van der Waals surface area contributed by atoms with Gasteiger partial charge in [-0.05, 0) is 13.1 Å². The Balaban J connectivity index is 2.18. The smallest absolute Gasteiger partial charge is 0.339 e. The van der Waals surface area contributed by atoms with E-state index in [9.17, 15) is 35.4 Å². The number of aliphatic hydroxyl groups excluding tert-OH is 3. The molecule has 0 spiro atoms. The molecular weight excluding hydrogens is 374 g/mol. The molecule has 10 nitrogen and oxygen atoms in total. The molecule has 0 radical (unpaired) electrons. The molecule has 28 heavy (non-hydrogen) atoms. The molecule has 156 valence electrons. The van der Waals surface area contributed by atoms with Crippen molar-refractivity contribution in [3.8, 4) is 17.2 Å². The minimum atomic E-state index is -1.57. The summed E-state index contributed by atoms with van der Waals surface area (Å²) in [6.07, 6.45) is -6.88. The third-order valence-corrected chi connectivity index (χ3v) is 5.44. The van der Waals surface area contributed by atoms with Crippen LogP contribution in [0.3, 0.4) is 0 Å². The van der Waals surface area contributed by atoms with E-state index >= 15 is 0 Å². The SMILES string of the molecule is CCN(CC)Cc1c(O)c(O)c(O)c2c1C(=O)OC1C2OC(CO)C(O)C1O. The number of rotatable bonds is 5. The van der Waals surface area contributed by atoms with Crippen LogP contribution in [0.15, 0.2) is 0 Å². The fourth-order valence-electron chi connectivity index (χ4n) is 3.75. The molecule has 1 fully saturated rings. The maximum absolute atomic E-state index is 12.7. The summed E-state index contributed by atoms with van der Waals surface area (Å²) < 4.78 is 10.8. The normalized spacial score (nSPS) is 29.4. The predicted molar refractivity (Wildman–Crippen MR) is 94.0 cm³/mol. The summed E-state index contributed by atoms with van der Waals surface area (Å²) in [7, 11) is 0. The topological polar surface area (TPSA) is 160 Å². The standard InChI is InChI=1S/C18H25NO9/c1-3-19(4-2)5-7-9-10(13(23)14(24)11(7)21)16-17(28-18(9)26)15(25)12(22)8(6-20)27-16/h8,12,15-17,20-25H,3-6H2,1-2H3. The van der Waals surface area contributed by atoms with Gasteiger partial charge in [0.05, 0.1) is 12.2 Å². The van der Waals surface area contributed by atoms with Crippen LogP contribution in [0.5, 0.6) is 17.2 Å². The number of nitrogens with zero attached hydrogens (tertiary/aromatic N) is 1. The van der Waals surface area contributed by atoms with Gasteiger partial charge >= 0.3 is 5.97 Å². The molecule has 6 N–H and O–H groups in total. The van der Waals surface area contributed by atoms with Gasteiger partial charge in [-0.15, -0.1) is 0 Å². The maximum atomic E-state index is 12.7. The van der Waals surface area contributed by atoms with Gasteiger partial charge in [-0.2, -0.15) is 0 Å². The predicted octanol–water partition coefficient (Wildman–Crippen LogP) is -0.662. The molecule has 2 aliphatic rings. The van der Waals surface area contributed by atoms with E-state index in [-0.39, 0.29) is 23.2 Å². The molecule has 2 heterocycles. The number of phenols is 3. The molecule has 5 atom stereocenters.